The van der Waals surface area contributed by atoms with E-state index in [1.54, 1.807) is 0 Å². The lowest BCUT2D eigenvalue weighted by atomic mass is 9.89. The highest BCUT2D eigenvalue weighted by Crippen LogP contribution is 2.33. The molecule has 2 atom stereocenters. The van der Waals surface area contributed by atoms with Gasteiger partial charge in [0.25, 0.3) is 0 Å². The third kappa shape index (κ3) is 2.80. The summed E-state index contributed by atoms with van der Waals surface area (Å²) in [5, 5.41) is 19.7. The fourth-order valence-corrected chi connectivity index (χ4v) is 3.42. The van der Waals surface area contributed by atoms with Crippen LogP contribution in [0.15, 0.2) is 0 Å². The van der Waals surface area contributed by atoms with Crippen molar-refractivity contribution in [2.24, 2.45) is 5.92 Å². The lowest BCUT2D eigenvalue weighted by Gasteiger charge is -2.40. The number of carboxylic acids is 1. The first-order valence-electron chi connectivity index (χ1n) is 6.71. The number of hydrogen-bond acceptors (Lipinski definition) is 3. The second kappa shape index (κ2) is 4.94. The van der Waals surface area contributed by atoms with E-state index in [1.165, 1.54) is 0 Å². The Morgan fingerprint density at radius 3 is 2.59 bits per heavy atom. The van der Waals surface area contributed by atoms with Crippen molar-refractivity contribution in [1.29, 1.82) is 0 Å². The van der Waals surface area contributed by atoms with Crippen molar-refractivity contribution < 1.29 is 15.0 Å². The second-order valence-electron chi connectivity index (χ2n) is 5.80. The Morgan fingerprint density at radius 1 is 1.35 bits per heavy atom. The number of carboxylic acid groups (broad SMARTS) is 1. The fraction of sp³-hybridized carbons (Fsp3) is 0.923. The smallest absolute Gasteiger partial charge is 0.321 e. The molecule has 4 heteroatoms. The van der Waals surface area contributed by atoms with Crippen LogP contribution < -0.4 is 0 Å². The van der Waals surface area contributed by atoms with E-state index in [9.17, 15) is 15.0 Å². The number of hydrogen-bond donors (Lipinski definition) is 2. The highest BCUT2D eigenvalue weighted by Gasteiger charge is 2.40. The van der Waals surface area contributed by atoms with E-state index in [1.807, 2.05) is 11.8 Å². The van der Waals surface area contributed by atoms with Gasteiger partial charge in [0, 0.05) is 6.54 Å². The van der Waals surface area contributed by atoms with Gasteiger partial charge >= 0.3 is 5.97 Å². The molecular formula is C13H23NO3. The maximum Gasteiger partial charge on any atom is 0.321 e. The highest BCUT2D eigenvalue weighted by atomic mass is 16.4. The van der Waals surface area contributed by atoms with Gasteiger partial charge in [-0.1, -0.05) is 19.8 Å². The maximum absolute atomic E-state index is 11.3. The zero-order chi connectivity index (χ0) is 12.5. The Morgan fingerprint density at radius 2 is 2.00 bits per heavy atom. The van der Waals surface area contributed by atoms with Crippen molar-refractivity contribution in [3.8, 4) is 0 Å². The van der Waals surface area contributed by atoms with Crippen LogP contribution in [-0.4, -0.2) is 45.8 Å². The van der Waals surface area contributed by atoms with E-state index in [-0.39, 0.29) is 5.92 Å². The average molecular weight is 241 g/mol. The topological polar surface area (TPSA) is 60.8 Å². The molecule has 1 saturated heterocycles. The summed E-state index contributed by atoms with van der Waals surface area (Å²) in [7, 11) is 0. The van der Waals surface area contributed by atoms with Gasteiger partial charge in [-0.3, -0.25) is 9.69 Å². The zero-order valence-corrected chi connectivity index (χ0v) is 10.6. The van der Waals surface area contributed by atoms with E-state index in [4.69, 9.17) is 0 Å². The molecule has 0 radical (unpaired) electrons. The Labute approximate surface area is 103 Å². The number of rotatable bonds is 3. The van der Waals surface area contributed by atoms with Gasteiger partial charge in [-0.2, -0.15) is 0 Å². The molecule has 1 heterocycles. The summed E-state index contributed by atoms with van der Waals surface area (Å²) in [5.74, 6) is -0.551. The molecule has 2 aliphatic rings. The summed E-state index contributed by atoms with van der Waals surface area (Å²) in [5.41, 5.74) is -0.634. The van der Waals surface area contributed by atoms with E-state index >= 15 is 0 Å². The third-order valence-corrected chi connectivity index (χ3v) is 4.32. The van der Waals surface area contributed by atoms with Gasteiger partial charge in [-0.05, 0) is 38.1 Å². The maximum atomic E-state index is 11.3. The first-order chi connectivity index (χ1) is 8.02. The number of aliphatic carboxylic acids is 1. The molecule has 98 valence electrons. The van der Waals surface area contributed by atoms with Crippen LogP contribution in [0.1, 0.15) is 45.4 Å². The van der Waals surface area contributed by atoms with Crippen LogP contribution in [0, 0.1) is 5.92 Å². The number of piperidine rings is 1. The molecule has 17 heavy (non-hydrogen) atoms. The third-order valence-electron chi connectivity index (χ3n) is 4.32. The number of β-amino-alcohol motifs (C(OH)–C–C–N with tert-alkyl or cyclic N) is 1. The Hall–Kier alpha value is -0.610. The highest BCUT2D eigenvalue weighted by molar-refractivity contribution is 5.74. The van der Waals surface area contributed by atoms with Gasteiger partial charge in [0.15, 0.2) is 0 Å². The van der Waals surface area contributed by atoms with Crippen LogP contribution >= 0.6 is 0 Å². The number of aliphatic hydroxyl groups is 1. The molecule has 1 aliphatic carbocycles. The van der Waals surface area contributed by atoms with Crippen molar-refractivity contribution in [2.75, 3.05) is 13.1 Å². The molecule has 0 aromatic carbocycles. The van der Waals surface area contributed by atoms with E-state index < -0.39 is 17.6 Å². The Bertz CT molecular complexity index is 286. The van der Waals surface area contributed by atoms with Crippen LogP contribution in [0.3, 0.4) is 0 Å². The lowest BCUT2D eigenvalue weighted by Crippen LogP contribution is -2.54. The lowest BCUT2D eigenvalue weighted by molar-refractivity contribution is -0.148. The number of likely N-dealkylation sites (tertiary alicyclic amines) is 1. The Balaban J connectivity index is 2.04. The van der Waals surface area contributed by atoms with Crippen LogP contribution in [0.25, 0.3) is 0 Å². The van der Waals surface area contributed by atoms with Crippen LogP contribution in [-0.2, 0) is 4.79 Å². The summed E-state index contributed by atoms with van der Waals surface area (Å²) in [6.45, 7) is 3.35. The minimum Gasteiger partial charge on any atom is -0.480 e. The molecule has 2 fully saturated rings. The van der Waals surface area contributed by atoms with Crippen molar-refractivity contribution >= 4 is 5.97 Å². The van der Waals surface area contributed by atoms with Gasteiger partial charge < -0.3 is 10.2 Å². The minimum atomic E-state index is -0.737. The molecule has 0 spiro atoms. The molecule has 0 aromatic rings. The molecule has 0 amide bonds. The fourth-order valence-electron chi connectivity index (χ4n) is 3.42. The predicted molar refractivity (Wildman–Crippen MR) is 64.8 cm³/mol. The van der Waals surface area contributed by atoms with Crippen LogP contribution in [0.4, 0.5) is 0 Å². The molecule has 1 saturated carbocycles. The van der Waals surface area contributed by atoms with Gasteiger partial charge in [0.2, 0.25) is 0 Å². The molecular weight excluding hydrogens is 218 g/mol. The molecule has 0 aromatic heterocycles. The summed E-state index contributed by atoms with van der Waals surface area (Å²) in [6.07, 6.45) is 5.80. The normalized spacial score (nSPS) is 33.8. The molecule has 2 rings (SSSR count). The van der Waals surface area contributed by atoms with Crippen LogP contribution in [0.5, 0.6) is 0 Å². The molecule has 0 bridgehead atoms. The standard InChI is InChI=1S/C13H23NO3/c1-10-5-4-8-14(11(10)12(15)16)9-13(17)6-2-3-7-13/h10-11,17H,2-9H2,1H3,(H,15,16). The van der Waals surface area contributed by atoms with Crippen molar-refractivity contribution in [3.05, 3.63) is 0 Å². The second-order valence-corrected chi connectivity index (χ2v) is 5.80. The van der Waals surface area contributed by atoms with E-state index in [0.717, 1.165) is 45.1 Å². The Kier molecular flexibility index (Phi) is 3.73. The van der Waals surface area contributed by atoms with Crippen LogP contribution in [0.2, 0.25) is 0 Å². The van der Waals surface area contributed by atoms with Crippen molar-refractivity contribution in [1.82, 2.24) is 4.90 Å². The van der Waals surface area contributed by atoms with E-state index in [0.29, 0.717) is 6.54 Å². The minimum absolute atomic E-state index is 0.186. The molecule has 2 unspecified atom stereocenters. The van der Waals surface area contributed by atoms with Gasteiger partial charge in [-0.25, -0.2) is 0 Å². The van der Waals surface area contributed by atoms with Gasteiger partial charge in [0.05, 0.1) is 5.60 Å². The van der Waals surface area contributed by atoms with E-state index in [2.05, 4.69) is 0 Å². The monoisotopic (exact) mass is 241 g/mol. The van der Waals surface area contributed by atoms with Crippen molar-refractivity contribution in [2.45, 2.75) is 57.1 Å². The largest absolute Gasteiger partial charge is 0.480 e. The predicted octanol–water partition coefficient (Wildman–Crippen LogP) is 1.48. The summed E-state index contributed by atoms with van der Waals surface area (Å²) >= 11 is 0. The average Bonchev–Trinajstić information content (AvgIpc) is 2.64. The molecule has 2 N–H and O–H groups in total. The summed E-state index contributed by atoms with van der Waals surface area (Å²) in [4.78, 5) is 13.3. The first-order valence-corrected chi connectivity index (χ1v) is 6.71. The quantitative estimate of drug-likeness (QED) is 0.785. The number of nitrogens with zero attached hydrogens (tertiary/aromatic N) is 1. The molecule has 4 nitrogen and oxygen atoms in total. The summed E-state index contributed by atoms with van der Waals surface area (Å²) < 4.78 is 0. The summed E-state index contributed by atoms with van der Waals surface area (Å²) in [6, 6.07) is -0.409. The molecule has 1 aliphatic heterocycles. The number of carbonyl (C=O) groups is 1. The SMILES string of the molecule is CC1CCCN(CC2(O)CCCC2)C1C(=O)O. The first kappa shape index (κ1) is 12.8. The zero-order valence-electron chi connectivity index (χ0n) is 10.6. The van der Waals surface area contributed by atoms with Gasteiger partial charge in [-0.15, -0.1) is 0 Å². The van der Waals surface area contributed by atoms with Crippen molar-refractivity contribution in [3.63, 3.8) is 0 Å². The van der Waals surface area contributed by atoms with Gasteiger partial charge in [0.1, 0.15) is 6.04 Å².